The molecule has 3 rings (SSSR count). The van der Waals surface area contributed by atoms with Gasteiger partial charge in [0.15, 0.2) is 0 Å². The minimum atomic E-state index is -2.84. The molecule has 0 bridgehead atoms. The Labute approximate surface area is 218 Å². The van der Waals surface area contributed by atoms with E-state index in [9.17, 15) is 8.78 Å². The lowest BCUT2D eigenvalue weighted by atomic mass is 9.94. The number of halogens is 2. The first-order chi connectivity index (χ1) is 17.0. The Bertz CT molecular complexity index is 1180. The second-order valence-corrected chi connectivity index (χ2v) is 10.7. The second kappa shape index (κ2) is 11.9. The summed E-state index contributed by atoms with van der Waals surface area (Å²) in [4.78, 5) is 2.43. The van der Waals surface area contributed by atoms with Crippen molar-refractivity contribution in [2.24, 2.45) is 0 Å². The highest BCUT2D eigenvalue weighted by atomic mass is 32.1. The molecule has 0 saturated heterocycles. The fourth-order valence-electron chi connectivity index (χ4n) is 4.24. The summed E-state index contributed by atoms with van der Waals surface area (Å²) in [5.41, 5.74) is 6.23. The minimum Gasteiger partial charge on any atom is -0.493 e. The van der Waals surface area contributed by atoms with Crippen molar-refractivity contribution in [2.45, 2.75) is 59.3 Å². The van der Waals surface area contributed by atoms with Crippen molar-refractivity contribution in [3.05, 3.63) is 93.7 Å². The van der Waals surface area contributed by atoms with Gasteiger partial charge in [0.2, 0.25) is 0 Å². The van der Waals surface area contributed by atoms with Gasteiger partial charge in [-0.25, -0.2) is 8.78 Å². The van der Waals surface area contributed by atoms with Crippen LogP contribution in [0, 0.1) is 13.8 Å². The van der Waals surface area contributed by atoms with E-state index in [4.69, 9.17) is 4.74 Å². The molecule has 0 aliphatic rings. The minimum absolute atomic E-state index is 0.0232. The van der Waals surface area contributed by atoms with Crippen molar-refractivity contribution in [3.63, 3.8) is 0 Å². The maximum atomic E-state index is 13.6. The molecule has 2 nitrogen and oxygen atoms in total. The highest BCUT2D eigenvalue weighted by Crippen LogP contribution is 2.35. The number of thiophene rings is 1. The molecule has 3 aromatic rings. The first-order valence-electron chi connectivity index (χ1n) is 12.4. The summed E-state index contributed by atoms with van der Waals surface area (Å²) in [6, 6.07) is 14.9. The van der Waals surface area contributed by atoms with Crippen LogP contribution in [0.1, 0.15) is 66.0 Å². The van der Waals surface area contributed by atoms with Gasteiger partial charge in [-0.15, -0.1) is 17.9 Å². The Morgan fingerprint density at radius 1 is 1.06 bits per heavy atom. The van der Waals surface area contributed by atoms with E-state index in [0.717, 1.165) is 70.5 Å². The van der Waals surface area contributed by atoms with Gasteiger partial charge in [0.05, 0.1) is 6.61 Å². The van der Waals surface area contributed by atoms with Crippen molar-refractivity contribution < 1.29 is 13.5 Å². The molecule has 0 radical (unpaired) electrons. The van der Waals surface area contributed by atoms with Crippen LogP contribution in [0.3, 0.4) is 0 Å². The molecule has 36 heavy (non-hydrogen) atoms. The van der Waals surface area contributed by atoms with Crippen LogP contribution in [0.25, 0.3) is 16.8 Å². The zero-order valence-electron chi connectivity index (χ0n) is 22.0. The molecule has 0 saturated carbocycles. The number of aryl methyl sites for hydroxylation is 2. The molecule has 0 spiro atoms. The van der Waals surface area contributed by atoms with E-state index >= 15 is 0 Å². The van der Waals surface area contributed by atoms with Gasteiger partial charge in [0.1, 0.15) is 5.75 Å². The zero-order valence-corrected chi connectivity index (χ0v) is 22.8. The molecule has 192 valence electrons. The third-order valence-electron chi connectivity index (χ3n) is 6.35. The number of hydrogen-bond donors (Lipinski definition) is 1. The molecule has 1 aromatic heterocycles. The zero-order chi connectivity index (χ0) is 26.5. The van der Waals surface area contributed by atoms with Gasteiger partial charge in [-0.3, -0.25) is 0 Å². The monoisotopic (exact) mass is 509 g/mol. The van der Waals surface area contributed by atoms with Crippen LogP contribution >= 0.6 is 11.3 Å². The third kappa shape index (κ3) is 7.07. The van der Waals surface area contributed by atoms with E-state index in [2.05, 4.69) is 37.5 Å². The van der Waals surface area contributed by atoms with Crippen molar-refractivity contribution in [1.29, 1.82) is 0 Å². The first-order valence-corrected chi connectivity index (χ1v) is 13.2. The summed E-state index contributed by atoms with van der Waals surface area (Å²) in [5, 5.41) is 3.39. The van der Waals surface area contributed by atoms with Gasteiger partial charge in [-0.1, -0.05) is 43.3 Å². The third-order valence-corrected chi connectivity index (χ3v) is 7.65. The Morgan fingerprint density at radius 2 is 1.69 bits per heavy atom. The molecule has 1 atom stereocenters. The molecular weight excluding hydrogens is 472 g/mol. The van der Waals surface area contributed by atoms with Gasteiger partial charge in [0.25, 0.3) is 5.92 Å². The Kier molecular flexibility index (Phi) is 9.13. The second-order valence-electron chi connectivity index (χ2n) is 9.63. The van der Waals surface area contributed by atoms with Crippen LogP contribution in [0.5, 0.6) is 5.75 Å². The maximum Gasteiger partial charge on any atom is 0.270 e. The average Bonchev–Trinajstić information content (AvgIpc) is 3.29. The SMILES string of the molecule is C=C(C)CCNC(=C)c1ccc(C(CC)COc2cc(C)c(-c3ccc(C(C)(F)F)cc3)c(C)c2)s1. The van der Waals surface area contributed by atoms with Crippen LogP contribution in [-0.4, -0.2) is 13.2 Å². The molecule has 1 N–H and O–H groups in total. The van der Waals surface area contributed by atoms with E-state index in [1.807, 2.05) is 32.9 Å². The summed E-state index contributed by atoms with van der Waals surface area (Å²) in [5.74, 6) is -1.73. The van der Waals surface area contributed by atoms with E-state index in [0.29, 0.717) is 6.61 Å². The standard InChI is InChI=1S/C31H37F2NOS/c1-8-24(29-14-13-28(36-29)23(6)34-16-15-20(2)3)19-35-27-17-21(4)30(22(5)18-27)25-9-11-26(12-10-25)31(7,32)33/h9-14,17-18,24,34H,2,6,8,15-16,19H2,1,3-5,7H3. The highest BCUT2D eigenvalue weighted by molar-refractivity contribution is 7.13. The summed E-state index contributed by atoms with van der Waals surface area (Å²) in [6.45, 7) is 18.8. The van der Waals surface area contributed by atoms with E-state index in [1.165, 1.54) is 17.0 Å². The van der Waals surface area contributed by atoms with Gasteiger partial charge >= 0.3 is 0 Å². The van der Waals surface area contributed by atoms with Crippen LogP contribution in [-0.2, 0) is 5.92 Å². The number of nitrogens with one attached hydrogen (secondary N) is 1. The topological polar surface area (TPSA) is 21.3 Å². The lowest BCUT2D eigenvalue weighted by Crippen LogP contribution is -2.12. The van der Waals surface area contributed by atoms with E-state index in [1.54, 1.807) is 23.5 Å². The number of ether oxygens (including phenoxy) is 1. The quantitative estimate of drug-likeness (QED) is 0.246. The smallest absolute Gasteiger partial charge is 0.270 e. The van der Waals surface area contributed by atoms with E-state index < -0.39 is 5.92 Å². The molecule has 0 fully saturated rings. The van der Waals surface area contributed by atoms with Gasteiger partial charge in [0, 0.05) is 40.4 Å². The van der Waals surface area contributed by atoms with Crippen LogP contribution in [0.2, 0.25) is 0 Å². The van der Waals surface area contributed by atoms with Crippen molar-refractivity contribution >= 4 is 17.0 Å². The summed E-state index contributed by atoms with van der Waals surface area (Å²) < 4.78 is 33.4. The van der Waals surface area contributed by atoms with Gasteiger partial charge < -0.3 is 10.1 Å². The Hall–Kier alpha value is -2.92. The van der Waals surface area contributed by atoms with Crippen LogP contribution in [0.15, 0.2) is 67.3 Å². The molecule has 5 heteroatoms. The summed E-state index contributed by atoms with van der Waals surface area (Å²) >= 11 is 1.76. The summed E-state index contributed by atoms with van der Waals surface area (Å²) in [7, 11) is 0. The molecule has 1 unspecified atom stereocenters. The van der Waals surface area contributed by atoms with Gasteiger partial charge in [-0.05, 0) is 80.1 Å². The lowest BCUT2D eigenvalue weighted by molar-refractivity contribution is 0.0175. The fourth-order valence-corrected chi connectivity index (χ4v) is 5.36. The molecule has 0 amide bonds. The molecular formula is C31H37F2NOS. The van der Waals surface area contributed by atoms with Crippen molar-refractivity contribution in [1.82, 2.24) is 5.32 Å². The maximum absolute atomic E-state index is 13.6. The fraction of sp³-hybridized carbons (Fsp3) is 0.355. The molecule has 0 aliphatic heterocycles. The van der Waals surface area contributed by atoms with Crippen molar-refractivity contribution in [3.8, 4) is 16.9 Å². The Balaban J connectivity index is 1.68. The Morgan fingerprint density at radius 3 is 2.25 bits per heavy atom. The predicted molar refractivity (Wildman–Crippen MR) is 150 cm³/mol. The normalized spacial score (nSPS) is 12.3. The lowest BCUT2D eigenvalue weighted by Gasteiger charge is -2.18. The number of benzene rings is 2. The number of alkyl halides is 2. The first kappa shape index (κ1) is 27.7. The van der Waals surface area contributed by atoms with Crippen LogP contribution < -0.4 is 10.1 Å². The largest absolute Gasteiger partial charge is 0.493 e. The number of rotatable bonds is 12. The van der Waals surface area contributed by atoms with Crippen LogP contribution in [0.4, 0.5) is 8.78 Å². The van der Waals surface area contributed by atoms with E-state index in [-0.39, 0.29) is 11.5 Å². The highest BCUT2D eigenvalue weighted by Gasteiger charge is 2.24. The predicted octanol–water partition coefficient (Wildman–Crippen LogP) is 9.24. The summed E-state index contributed by atoms with van der Waals surface area (Å²) in [6.07, 6.45) is 1.90. The molecule has 0 aliphatic carbocycles. The van der Waals surface area contributed by atoms with Gasteiger partial charge in [-0.2, -0.15) is 0 Å². The molecule has 1 heterocycles. The molecule has 2 aromatic carbocycles. The number of hydrogen-bond acceptors (Lipinski definition) is 3. The van der Waals surface area contributed by atoms with Crippen molar-refractivity contribution in [2.75, 3.05) is 13.2 Å². The average molecular weight is 510 g/mol.